The highest BCUT2D eigenvalue weighted by Gasteiger charge is 2.40. The molecule has 0 bridgehead atoms. The Balaban J connectivity index is 1.43. The van der Waals surface area contributed by atoms with Gasteiger partial charge in [-0.15, -0.1) is 0 Å². The molecule has 0 saturated carbocycles. The second-order valence-electron chi connectivity index (χ2n) is 7.37. The maximum absolute atomic E-state index is 13.1. The van der Waals surface area contributed by atoms with E-state index in [1.54, 1.807) is 0 Å². The topological polar surface area (TPSA) is 40.6 Å². The minimum Gasteiger partial charge on any atom is -0.342 e. The smallest absolute Gasteiger partial charge is 0.232 e. The van der Waals surface area contributed by atoms with Crippen molar-refractivity contribution >= 4 is 17.5 Å². The van der Waals surface area contributed by atoms with E-state index in [4.69, 9.17) is 0 Å². The molecule has 26 heavy (non-hydrogen) atoms. The first-order valence-corrected chi connectivity index (χ1v) is 9.36. The van der Waals surface area contributed by atoms with Crippen molar-refractivity contribution in [2.24, 2.45) is 5.92 Å². The molecule has 2 atom stereocenters. The third-order valence-electron chi connectivity index (χ3n) is 5.52. The lowest BCUT2D eigenvalue weighted by molar-refractivity contribution is -0.128. The summed E-state index contributed by atoms with van der Waals surface area (Å²) in [6.45, 7) is 3.30. The molecule has 2 amide bonds. The molecule has 2 heterocycles. The maximum atomic E-state index is 13.1. The van der Waals surface area contributed by atoms with Gasteiger partial charge in [-0.2, -0.15) is 0 Å². The van der Waals surface area contributed by atoms with Gasteiger partial charge in [0.05, 0.1) is 5.92 Å². The molecule has 2 aliphatic rings. The van der Waals surface area contributed by atoms with Gasteiger partial charge in [-0.05, 0) is 37.0 Å². The third-order valence-corrected chi connectivity index (χ3v) is 5.52. The Hall–Kier alpha value is -2.62. The normalized spacial score (nSPS) is 22.0. The number of carbonyl (C=O) groups excluding carboxylic acids is 2. The van der Waals surface area contributed by atoms with Crippen LogP contribution >= 0.6 is 0 Å². The summed E-state index contributed by atoms with van der Waals surface area (Å²) in [4.78, 5) is 29.3. The van der Waals surface area contributed by atoms with Crippen LogP contribution < -0.4 is 4.90 Å². The molecule has 4 heteroatoms. The van der Waals surface area contributed by atoms with E-state index in [0.717, 1.165) is 18.5 Å². The van der Waals surface area contributed by atoms with Crippen LogP contribution in [-0.2, 0) is 22.4 Å². The standard InChI is InChI=1S/C22H24N2O2/c1-16-13-18-9-5-6-10-20(18)24(16)22(26)19-14-21(25)23(15-19)12-11-17-7-3-2-4-8-17/h2-10,16,19H,11-15H2,1H3/t16-,19-/m0/s1. The highest BCUT2D eigenvalue weighted by Crippen LogP contribution is 2.34. The lowest BCUT2D eigenvalue weighted by Crippen LogP contribution is -2.41. The second-order valence-corrected chi connectivity index (χ2v) is 7.37. The monoisotopic (exact) mass is 348 g/mol. The van der Waals surface area contributed by atoms with Crippen molar-refractivity contribution in [3.63, 3.8) is 0 Å². The lowest BCUT2D eigenvalue weighted by Gasteiger charge is -2.26. The fourth-order valence-electron chi connectivity index (χ4n) is 4.16. The molecule has 134 valence electrons. The number of rotatable bonds is 4. The minimum atomic E-state index is -0.230. The molecule has 2 aromatic carbocycles. The van der Waals surface area contributed by atoms with Crippen LogP contribution in [0.3, 0.4) is 0 Å². The van der Waals surface area contributed by atoms with Crippen LogP contribution in [-0.4, -0.2) is 35.8 Å². The third kappa shape index (κ3) is 3.12. The molecular formula is C22H24N2O2. The summed E-state index contributed by atoms with van der Waals surface area (Å²) >= 11 is 0. The number of fused-ring (bicyclic) bond motifs is 1. The van der Waals surface area contributed by atoms with Gasteiger partial charge < -0.3 is 9.80 Å². The molecule has 2 aromatic rings. The molecule has 0 spiro atoms. The van der Waals surface area contributed by atoms with Crippen LogP contribution in [0.25, 0.3) is 0 Å². The molecule has 0 aliphatic carbocycles. The van der Waals surface area contributed by atoms with E-state index in [2.05, 4.69) is 25.1 Å². The van der Waals surface area contributed by atoms with E-state index in [1.165, 1.54) is 11.1 Å². The van der Waals surface area contributed by atoms with Gasteiger partial charge >= 0.3 is 0 Å². The second kappa shape index (κ2) is 6.94. The predicted octanol–water partition coefficient (Wildman–Crippen LogP) is 3.06. The molecule has 0 unspecified atom stereocenters. The molecule has 1 saturated heterocycles. The summed E-state index contributed by atoms with van der Waals surface area (Å²) in [5, 5.41) is 0. The zero-order chi connectivity index (χ0) is 18.1. The summed E-state index contributed by atoms with van der Waals surface area (Å²) in [6.07, 6.45) is 2.05. The Morgan fingerprint density at radius 2 is 1.77 bits per heavy atom. The molecule has 4 rings (SSSR count). The number of para-hydroxylation sites is 1. The maximum Gasteiger partial charge on any atom is 0.232 e. The van der Waals surface area contributed by atoms with Crippen molar-refractivity contribution in [2.45, 2.75) is 32.2 Å². The number of anilines is 1. The van der Waals surface area contributed by atoms with Crippen LogP contribution in [0.1, 0.15) is 24.5 Å². The molecule has 0 radical (unpaired) electrons. The first-order chi connectivity index (χ1) is 12.6. The average Bonchev–Trinajstić information content (AvgIpc) is 3.19. The Bertz CT molecular complexity index is 818. The van der Waals surface area contributed by atoms with Crippen molar-refractivity contribution in [1.82, 2.24) is 4.90 Å². The van der Waals surface area contributed by atoms with Gasteiger partial charge in [-0.25, -0.2) is 0 Å². The van der Waals surface area contributed by atoms with E-state index in [-0.39, 0.29) is 23.8 Å². The van der Waals surface area contributed by atoms with E-state index >= 15 is 0 Å². The Morgan fingerprint density at radius 1 is 1.04 bits per heavy atom. The van der Waals surface area contributed by atoms with E-state index in [0.29, 0.717) is 19.5 Å². The largest absolute Gasteiger partial charge is 0.342 e. The highest BCUT2D eigenvalue weighted by molar-refractivity contribution is 6.01. The van der Waals surface area contributed by atoms with Crippen molar-refractivity contribution in [1.29, 1.82) is 0 Å². The van der Waals surface area contributed by atoms with Crippen LogP contribution in [0.2, 0.25) is 0 Å². The fourth-order valence-corrected chi connectivity index (χ4v) is 4.16. The number of hydrogen-bond donors (Lipinski definition) is 0. The van der Waals surface area contributed by atoms with Gasteiger partial charge in [0.15, 0.2) is 0 Å². The highest BCUT2D eigenvalue weighted by atomic mass is 16.2. The SMILES string of the molecule is C[C@H]1Cc2ccccc2N1C(=O)[C@H]1CC(=O)N(CCc2ccccc2)C1. The number of carbonyl (C=O) groups is 2. The fraction of sp³-hybridized carbons (Fsp3) is 0.364. The Morgan fingerprint density at radius 3 is 2.58 bits per heavy atom. The molecule has 0 N–H and O–H groups in total. The van der Waals surface area contributed by atoms with Crippen LogP contribution in [0.5, 0.6) is 0 Å². The van der Waals surface area contributed by atoms with Crippen LogP contribution in [0, 0.1) is 5.92 Å². The van der Waals surface area contributed by atoms with Gasteiger partial charge in [0.25, 0.3) is 0 Å². The number of likely N-dealkylation sites (tertiary alicyclic amines) is 1. The van der Waals surface area contributed by atoms with Crippen molar-refractivity contribution in [3.05, 3.63) is 65.7 Å². The summed E-state index contributed by atoms with van der Waals surface area (Å²) in [7, 11) is 0. The van der Waals surface area contributed by atoms with Gasteiger partial charge in [0.1, 0.15) is 0 Å². The van der Waals surface area contributed by atoms with E-state index in [9.17, 15) is 9.59 Å². The zero-order valence-corrected chi connectivity index (χ0v) is 15.1. The summed E-state index contributed by atoms with van der Waals surface area (Å²) in [5.41, 5.74) is 3.45. The molecule has 2 aliphatic heterocycles. The molecule has 0 aromatic heterocycles. The summed E-state index contributed by atoms with van der Waals surface area (Å²) < 4.78 is 0. The molecule has 1 fully saturated rings. The Kier molecular flexibility index (Phi) is 4.49. The zero-order valence-electron chi connectivity index (χ0n) is 15.1. The van der Waals surface area contributed by atoms with Crippen LogP contribution in [0.4, 0.5) is 5.69 Å². The first-order valence-electron chi connectivity index (χ1n) is 9.36. The lowest BCUT2D eigenvalue weighted by atomic mass is 10.1. The van der Waals surface area contributed by atoms with Crippen molar-refractivity contribution in [2.75, 3.05) is 18.0 Å². The van der Waals surface area contributed by atoms with Crippen molar-refractivity contribution in [3.8, 4) is 0 Å². The summed E-state index contributed by atoms with van der Waals surface area (Å²) in [6, 6.07) is 18.4. The average molecular weight is 348 g/mol. The van der Waals surface area contributed by atoms with E-state index in [1.807, 2.05) is 46.2 Å². The van der Waals surface area contributed by atoms with Gasteiger partial charge in [0.2, 0.25) is 11.8 Å². The van der Waals surface area contributed by atoms with Gasteiger partial charge in [-0.3, -0.25) is 9.59 Å². The molecular weight excluding hydrogens is 324 g/mol. The number of hydrogen-bond acceptors (Lipinski definition) is 2. The Labute approximate surface area is 154 Å². The molecule has 4 nitrogen and oxygen atoms in total. The number of nitrogens with zero attached hydrogens (tertiary/aromatic N) is 2. The minimum absolute atomic E-state index is 0.0954. The quantitative estimate of drug-likeness (QED) is 0.852. The first kappa shape index (κ1) is 16.8. The van der Waals surface area contributed by atoms with Gasteiger partial charge in [0, 0.05) is 31.2 Å². The number of benzene rings is 2. The van der Waals surface area contributed by atoms with E-state index < -0.39 is 0 Å². The van der Waals surface area contributed by atoms with Crippen LogP contribution in [0.15, 0.2) is 54.6 Å². The number of amides is 2. The predicted molar refractivity (Wildman–Crippen MR) is 102 cm³/mol. The van der Waals surface area contributed by atoms with Crippen molar-refractivity contribution < 1.29 is 9.59 Å². The van der Waals surface area contributed by atoms with Gasteiger partial charge in [-0.1, -0.05) is 48.5 Å². The summed E-state index contributed by atoms with van der Waals surface area (Å²) in [5.74, 6) is -0.0377.